The Hall–Kier alpha value is -1.99. The highest BCUT2D eigenvalue weighted by Crippen LogP contribution is 2.06. The van der Waals surface area contributed by atoms with Crippen molar-refractivity contribution in [2.45, 2.75) is 13.0 Å². The van der Waals surface area contributed by atoms with Crippen LogP contribution in [-0.2, 0) is 16.1 Å². The molecule has 0 radical (unpaired) electrons. The topological polar surface area (TPSA) is 84.2 Å². The number of alkyl halides is 2. The number of carboxylic acid groups (broad SMARTS) is 1. The van der Waals surface area contributed by atoms with Crippen LogP contribution in [0.4, 0.5) is 14.5 Å². The molecule has 6 nitrogen and oxygen atoms in total. The highest BCUT2D eigenvalue weighted by molar-refractivity contribution is 5.92. The largest absolute Gasteiger partial charge is 0.480 e. The molecule has 0 aliphatic rings. The first-order valence-electron chi connectivity index (χ1n) is 3.82. The number of anilines is 1. The molecule has 15 heavy (non-hydrogen) atoms. The molecule has 1 heterocycles. The zero-order valence-electron chi connectivity index (χ0n) is 7.35. The monoisotopic (exact) mass is 219 g/mol. The molecular formula is C7H7F2N3O3. The van der Waals surface area contributed by atoms with Crippen LogP contribution in [0.3, 0.4) is 0 Å². The zero-order chi connectivity index (χ0) is 11.4. The molecule has 0 saturated carbocycles. The first kappa shape index (κ1) is 11.1. The Balaban J connectivity index is 2.60. The van der Waals surface area contributed by atoms with Gasteiger partial charge < -0.3 is 10.4 Å². The molecule has 0 atom stereocenters. The predicted molar refractivity (Wildman–Crippen MR) is 44.5 cm³/mol. The second-order valence-corrected chi connectivity index (χ2v) is 2.61. The standard InChI is InChI=1S/C7H7F2N3O3/c8-6(9)7(15)11-4-1-10-12(2-4)3-5(13)14/h1-2,6H,3H2,(H,11,15)(H,13,14). The van der Waals surface area contributed by atoms with Crippen molar-refractivity contribution in [1.29, 1.82) is 0 Å². The number of aromatic nitrogens is 2. The molecule has 8 heteroatoms. The van der Waals surface area contributed by atoms with Gasteiger partial charge in [0.25, 0.3) is 5.91 Å². The number of carbonyl (C=O) groups excluding carboxylic acids is 1. The fraction of sp³-hybridized carbons (Fsp3) is 0.286. The molecule has 0 unspecified atom stereocenters. The van der Waals surface area contributed by atoms with Gasteiger partial charge in [0.05, 0.1) is 11.9 Å². The second kappa shape index (κ2) is 4.49. The molecule has 0 aliphatic carbocycles. The van der Waals surface area contributed by atoms with Gasteiger partial charge in [-0.3, -0.25) is 14.3 Å². The molecule has 1 aromatic rings. The van der Waals surface area contributed by atoms with Gasteiger partial charge in [0.15, 0.2) is 0 Å². The average Bonchev–Trinajstić information content (AvgIpc) is 2.51. The van der Waals surface area contributed by atoms with Crippen LogP contribution in [0.15, 0.2) is 12.4 Å². The SMILES string of the molecule is O=C(O)Cn1cc(NC(=O)C(F)F)cn1. The molecule has 1 aromatic heterocycles. The van der Waals surface area contributed by atoms with E-state index in [1.54, 1.807) is 0 Å². The summed E-state index contributed by atoms with van der Waals surface area (Å²) in [7, 11) is 0. The van der Waals surface area contributed by atoms with E-state index in [9.17, 15) is 18.4 Å². The van der Waals surface area contributed by atoms with Crippen molar-refractivity contribution in [3.63, 3.8) is 0 Å². The van der Waals surface area contributed by atoms with E-state index in [0.29, 0.717) is 0 Å². The molecule has 2 N–H and O–H groups in total. The number of halogens is 2. The van der Waals surface area contributed by atoms with E-state index in [4.69, 9.17) is 5.11 Å². The van der Waals surface area contributed by atoms with Crippen LogP contribution in [0, 0.1) is 0 Å². The van der Waals surface area contributed by atoms with Crippen LogP contribution in [0.2, 0.25) is 0 Å². The molecule has 0 fully saturated rings. The van der Waals surface area contributed by atoms with Crippen molar-refractivity contribution in [2.24, 2.45) is 0 Å². The zero-order valence-corrected chi connectivity index (χ0v) is 7.35. The summed E-state index contributed by atoms with van der Waals surface area (Å²) in [6.07, 6.45) is -0.884. The lowest BCUT2D eigenvalue weighted by atomic mass is 10.5. The molecule has 0 saturated heterocycles. The minimum Gasteiger partial charge on any atom is -0.480 e. The highest BCUT2D eigenvalue weighted by Gasteiger charge is 2.15. The Kier molecular flexibility index (Phi) is 3.32. The Morgan fingerprint density at radius 2 is 2.27 bits per heavy atom. The van der Waals surface area contributed by atoms with Crippen molar-refractivity contribution in [2.75, 3.05) is 5.32 Å². The smallest absolute Gasteiger partial charge is 0.325 e. The third-order valence-electron chi connectivity index (χ3n) is 1.40. The summed E-state index contributed by atoms with van der Waals surface area (Å²) in [5.74, 6) is -2.57. The molecule has 0 bridgehead atoms. The van der Waals surface area contributed by atoms with Crippen LogP contribution in [0.25, 0.3) is 0 Å². The summed E-state index contributed by atoms with van der Waals surface area (Å²) >= 11 is 0. The average molecular weight is 219 g/mol. The van der Waals surface area contributed by atoms with Crippen LogP contribution in [0.5, 0.6) is 0 Å². The summed E-state index contributed by atoms with van der Waals surface area (Å²) in [4.78, 5) is 20.8. The minimum atomic E-state index is -3.12. The molecular weight excluding hydrogens is 212 g/mol. The van der Waals surface area contributed by atoms with E-state index in [1.807, 2.05) is 5.32 Å². The van der Waals surface area contributed by atoms with Gasteiger partial charge >= 0.3 is 12.4 Å². The van der Waals surface area contributed by atoms with Crippen molar-refractivity contribution < 1.29 is 23.5 Å². The maximum atomic E-state index is 11.8. The molecule has 0 aliphatic heterocycles. The van der Waals surface area contributed by atoms with Gasteiger partial charge in [-0.05, 0) is 0 Å². The van der Waals surface area contributed by atoms with Crippen molar-refractivity contribution >= 4 is 17.6 Å². The fourth-order valence-corrected chi connectivity index (χ4v) is 0.850. The lowest BCUT2D eigenvalue weighted by molar-refractivity contribution is -0.137. The van der Waals surface area contributed by atoms with Crippen LogP contribution < -0.4 is 5.32 Å². The summed E-state index contributed by atoms with van der Waals surface area (Å²) in [5, 5.41) is 13.8. The quantitative estimate of drug-likeness (QED) is 0.756. The number of hydrogen-bond acceptors (Lipinski definition) is 3. The minimum absolute atomic E-state index is 0.0292. The van der Waals surface area contributed by atoms with Gasteiger partial charge in [-0.2, -0.15) is 13.9 Å². The molecule has 82 valence electrons. The second-order valence-electron chi connectivity index (χ2n) is 2.61. The molecule has 1 rings (SSSR count). The van der Waals surface area contributed by atoms with E-state index >= 15 is 0 Å². The Labute approximate surface area is 82.5 Å². The summed E-state index contributed by atoms with van der Waals surface area (Å²) in [5.41, 5.74) is 0.0292. The van der Waals surface area contributed by atoms with Crippen LogP contribution in [-0.4, -0.2) is 33.2 Å². The van der Waals surface area contributed by atoms with Crippen LogP contribution in [0.1, 0.15) is 0 Å². The summed E-state index contributed by atoms with van der Waals surface area (Å²) in [6.45, 7) is -0.398. The third kappa shape index (κ3) is 3.33. The van der Waals surface area contributed by atoms with E-state index in [-0.39, 0.29) is 5.69 Å². The van der Waals surface area contributed by atoms with E-state index in [1.165, 1.54) is 0 Å². The first-order chi connectivity index (χ1) is 6.99. The maximum Gasteiger partial charge on any atom is 0.325 e. The number of aliphatic carboxylic acids is 1. The number of carbonyl (C=O) groups is 2. The first-order valence-corrected chi connectivity index (χ1v) is 3.82. The van der Waals surface area contributed by atoms with Crippen molar-refractivity contribution in [1.82, 2.24) is 9.78 Å². The predicted octanol–water partition coefficient (Wildman–Crippen LogP) is 0.171. The Bertz CT molecular complexity index is 377. The fourth-order valence-electron chi connectivity index (χ4n) is 0.850. The Morgan fingerprint density at radius 3 is 2.80 bits per heavy atom. The lowest BCUT2D eigenvalue weighted by Gasteiger charge is -1.99. The van der Waals surface area contributed by atoms with E-state index in [0.717, 1.165) is 17.1 Å². The summed E-state index contributed by atoms with van der Waals surface area (Å²) in [6, 6.07) is 0. The number of rotatable bonds is 4. The van der Waals surface area contributed by atoms with Gasteiger partial charge in [-0.25, -0.2) is 0 Å². The number of carboxylic acids is 1. The number of nitrogens with zero attached hydrogens (tertiary/aromatic N) is 2. The lowest BCUT2D eigenvalue weighted by Crippen LogP contribution is -2.19. The van der Waals surface area contributed by atoms with Crippen molar-refractivity contribution in [3.05, 3.63) is 12.4 Å². The van der Waals surface area contributed by atoms with Gasteiger partial charge in [-0.15, -0.1) is 0 Å². The number of amides is 1. The van der Waals surface area contributed by atoms with E-state index < -0.39 is 24.8 Å². The van der Waals surface area contributed by atoms with Gasteiger partial charge in [0, 0.05) is 6.20 Å². The number of nitrogens with one attached hydrogen (secondary N) is 1. The highest BCUT2D eigenvalue weighted by atomic mass is 19.3. The van der Waals surface area contributed by atoms with Crippen molar-refractivity contribution in [3.8, 4) is 0 Å². The van der Waals surface area contributed by atoms with Gasteiger partial charge in [0.1, 0.15) is 6.54 Å². The van der Waals surface area contributed by atoms with Gasteiger partial charge in [-0.1, -0.05) is 0 Å². The van der Waals surface area contributed by atoms with E-state index in [2.05, 4.69) is 5.10 Å². The third-order valence-corrected chi connectivity index (χ3v) is 1.40. The van der Waals surface area contributed by atoms with Gasteiger partial charge in [0.2, 0.25) is 0 Å². The van der Waals surface area contributed by atoms with Crippen LogP contribution >= 0.6 is 0 Å². The summed E-state index contributed by atoms with van der Waals surface area (Å²) < 4.78 is 24.6. The number of hydrogen-bond donors (Lipinski definition) is 2. The maximum absolute atomic E-state index is 11.8. The molecule has 0 aromatic carbocycles. The Morgan fingerprint density at radius 1 is 1.60 bits per heavy atom. The molecule has 0 spiro atoms. The molecule has 1 amide bonds. The normalized spacial score (nSPS) is 10.3.